The van der Waals surface area contributed by atoms with Gasteiger partial charge < -0.3 is 14.2 Å². The van der Waals surface area contributed by atoms with Crippen molar-refractivity contribution in [2.45, 2.75) is 32.2 Å². The third-order valence-electron chi connectivity index (χ3n) is 5.37. The van der Waals surface area contributed by atoms with Crippen molar-refractivity contribution in [1.82, 2.24) is 9.80 Å². The Balaban J connectivity index is 1.48. The van der Waals surface area contributed by atoms with Gasteiger partial charge in [-0.15, -0.1) is 0 Å². The van der Waals surface area contributed by atoms with Crippen molar-refractivity contribution in [2.75, 3.05) is 19.6 Å². The van der Waals surface area contributed by atoms with Gasteiger partial charge in [-0.3, -0.25) is 9.59 Å². The minimum absolute atomic E-state index is 0.0438. The first-order valence-electron chi connectivity index (χ1n) is 9.64. The van der Waals surface area contributed by atoms with Crippen molar-refractivity contribution in [2.24, 2.45) is 0 Å². The zero-order valence-corrected chi connectivity index (χ0v) is 15.6. The van der Waals surface area contributed by atoms with Crippen molar-refractivity contribution in [3.05, 3.63) is 59.9 Å². The Morgan fingerprint density at radius 1 is 1.04 bits per heavy atom. The van der Waals surface area contributed by atoms with Crippen LogP contribution < -0.4 is 0 Å². The predicted molar refractivity (Wildman–Crippen MR) is 104 cm³/mol. The minimum atomic E-state index is -0.0438. The molecule has 27 heavy (non-hydrogen) atoms. The van der Waals surface area contributed by atoms with Crippen LogP contribution in [0, 0.1) is 0 Å². The van der Waals surface area contributed by atoms with E-state index in [1.807, 2.05) is 46.2 Å². The van der Waals surface area contributed by atoms with Crippen LogP contribution in [-0.2, 0) is 0 Å². The van der Waals surface area contributed by atoms with E-state index in [-0.39, 0.29) is 17.9 Å². The van der Waals surface area contributed by atoms with Gasteiger partial charge >= 0.3 is 0 Å². The highest BCUT2D eigenvalue weighted by Crippen LogP contribution is 2.25. The van der Waals surface area contributed by atoms with Crippen LogP contribution in [0.25, 0.3) is 11.3 Å². The smallest absolute Gasteiger partial charge is 0.289 e. The molecule has 1 atom stereocenters. The maximum atomic E-state index is 12.7. The average molecular weight is 364 g/mol. The minimum Gasteiger partial charge on any atom is -0.451 e. The molecule has 1 saturated heterocycles. The lowest BCUT2D eigenvalue weighted by atomic mass is 10.1. The number of nitrogens with zero attached hydrogens (tertiary/aromatic N) is 2. The lowest BCUT2D eigenvalue weighted by Gasteiger charge is -2.23. The van der Waals surface area contributed by atoms with Gasteiger partial charge in [0.15, 0.2) is 5.76 Å². The molecule has 0 bridgehead atoms. The SMILES string of the molecule is CC[C@H]1C=CCN1C(=O)c1ccc(-c2ccc(C(=O)N3CCCC3)o2)cc1. The van der Waals surface area contributed by atoms with Crippen molar-refractivity contribution in [3.8, 4) is 11.3 Å². The fraction of sp³-hybridized carbons (Fsp3) is 0.364. The number of furan rings is 1. The summed E-state index contributed by atoms with van der Waals surface area (Å²) in [6.07, 6.45) is 7.16. The van der Waals surface area contributed by atoms with Crippen molar-refractivity contribution in [3.63, 3.8) is 0 Å². The second-order valence-electron chi connectivity index (χ2n) is 7.10. The van der Waals surface area contributed by atoms with Crippen LogP contribution in [0.15, 0.2) is 53.0 Å². The molecule has 0 spiro atoms. The van der Waals surface area contributed by atoms with E-state index in [1.54, 1.807) is 6.07 Å². The number of hydrogen-bond donors (Lipinski definition) is 0. The third-order valence-corrected chi connectivity index (χ3v) is 5.37. The number of carbonyl (C=O) groups excluding carboxylic acids is 2. The first-order chi connectivity index (χ1) is 13.2. The molecule has 2 aliphatic rings. The average Bonchev–Trinajstić information content (AvgIpc) is 3.48. The molecule has 2 aliphatic heterocycles. The van der Waals surface area contributed by atoms with E-state index < -0.39 is 0 Å². The van der Waals surface area contributed by atoms with Crippen molar-refractivity contribution >= 4 is 11.8 Å². The Morgan fingerprint density at radius 3 is 2.48 bits per heavy atom. The molecule has 5 heteroatoms. The maximum absolute atomic E-state index is 12.7. The van der Waals surface area contributed by atoms with E-state index in [0.29, 0.717) is 23.6 Å². The van der Waals surface area contributed by atoms with Crippen molar-refractivity contribution < 1.29 is 14.0 Å². The summed E-state index contributed by atoms with van der Waals surface area (Å²) in [6.45, 7) is 4.35. The van der Waals surface area contributed by atoms with E-state index >= 15 is 0 Å². The summed E-state index contributed by atoms with van der Waals surface area (Å²) in [5, 5.41) is 0. The second-order valence-corrected chi connectivity index (χ2v) is 7.10. The molecule has 0 saturated carbocycles. The van der Waals surface area contributed by atoms with Crippen LogP contribution in [0.1, 0.15) is 47.1 Å². The van der Waals surface area contributed by atoms with Gasteiger partial charge in [-0.05, 0) is 43.5 Å². The highest BCUT2D eigenvalue weighted by atomic mass is 16.4. The molecule has 3 heterocycles. The number of likely N-dealkylation sites (tertiary alicyclic amines) is 1. The first kappa shape index (κ1) is 17.6. The molecular weight excluding hydrogens is 340 g/mol. The van der Waals surface area contributed by atoms with E-state index in [4.69, 9.17) is 4.42 Å². The number of amides is 2. The summed E-state index contributed by atoms with van der Waals surface area (Å²) in [5.41, 5.74) is 1.53. The van der Waals surface area contributed by atoms with E-state index in [1.165, 1.54) is 0 Å². The molecule has 1 fully saturated rings. The monoisotopic (exact) mass is 364 g/mol. The number of rotatable bonds is 4. The number of hydrogen-bond acceptors (Lipinski definition) is 3. The zero-order valence-electron chi connectivity index (χ0n) is 15.6. The van der Waals surface area contributed by atoms with E-state index in [9.17, 15) is 9.59 Å². The van der Waals surface area contributed by atoms with E-state index in [2.05, 4.69) is 13.0 Å². The molecule has 0 unspecified atom stereocenters. The lowest BCUT2D eigenvalue weighted by Crippen LogP contribution is -2.35. The fourth-order valence-electron chi connectivity index (χ4n) is 3.79. The summed E-state index contributed by atoms with van der Waals surface area (Å²) < 4.78 is 5.78. The molecule has 0 radical (unpaired) electrons. The first-order valence-corrected chi connectivity index (χ1v) is 9.64. The van der Waals surface area contributed by atoms with Crippen LogP contribution >= 0.6 is 0 Å². The number of benzene rings is 1. The molecule has 2 aromatic rings. The summed E-state index contributed by atoms with van der Waals surface area (Å²) in [7, 11) is 0. The zero-order chi connectivity index (χ0) is 18.8. The highest BCUT2D eigenvalue weighted by Gasteiger charge is 2.25. The Kier molecular flexibility index (Phi) is 4.84. The van der Waals surface area contributed by atoms with Crippen LogP contribution in [0.3, 0.4) is 0 Å². The summed E-state index contributed by atoms with van der Waals surface area (Å²) in [4.78, 5) is 28.8. The Hall–Kier alpha value is -2.82. The molecule has 4 rings (SSSR count). The second kappa shape index (κ2) is 7.43. The van der Waals surface area contributed by atoms with Gasteiger partial charge in [-0.1, -0.05) is 31.2 Å². The van der Waals surface area contributed by atoms with Gasteiger partial charge in [0.1, 0.15) is 5.76 Å². The summed E-state index contributed by atoms with van der Waals surface area (Å²) in [6, 6.07) is 11.1. The van der Waals surface area contributed by atoms with Gasteiger partial charge in [0.05, 0.1) is 6.04 Å². The topological polar surface area (TPSA) is 53.8 Å². The molecule has 1 aromatic carbocycles. The van der Waals surface area contributed by atoms with Crippen molar-refractivity contribution in [1.29, 1.82) is 0 Å². The molecule has 5 nitrogen and oxygen atoms in total. The largest absolute Gasteiger partial charge is 0.451 e. The quantitative estimate of drug-likeness (QED) is 0.771. The highest BCUT2D eigenvalue weighted by molar-refractivity contribution is 5.95. The Morgan fingerprint density at radius 2 is 1.78 bits per heavy atom. The van der Waals surface area contributed by atoms with Gasteiger partial charge in [-0.2, -0.15) is 0 Å². The van der Waals surface area contributed by atoms with Crippen LogP contribution in [0.4, 0.5) is 0 Å². The summed E-state index contributed by atoms with van der Waals surface area (Å²) in [5.74, 6) is 1.02. The van der Waals surface area contributed by atoms with Gasteiger partial charge in [-0.25, -0.2) is 0 Å². The predicted octanol–water partition coefficient (Wildman–Crippen LogP) is 3.97. The van der Waals surface area contributed by atoms with Gasteiger partial charge in [0.2, 0.25) is 0 Å². The lowest BCUT2D eigenvalue weighted by molar-refractivity contribution is 0.0745. The molecule has 140 valence electrons. The molecule has 1 aromatic heterocycles. The third kappa shape index (κ3) is 3.42. The Labute approximate surface area is 159 Å². The maximum Gasteiger partial charge on any atom is 0.289 e. The van der Waals surface area contributed by atoms with Crippen LogP contribution in [0.5, 0.6) is 0 Å². The molecular formula is C22H24N2O3. The van der Waals surface area contributed by atoms with Crippen LogP contribution in [0.2, 0.25) is 0 Å². The summed E-state index contributed by atoms with van der Waals surface area (Å²) >= 11 is 0. The van der Waals surface area contributed by atoms with E-state index in [0.717, 1.165) is 37.9 Å². The Bertz CT molecular complexity index is 860. The van der Waals surface area contributed by atoms with Crippen LogP contribution in [-0.4, -0.2) is 47.3 Å². The molecule has 2 amide bonds. The van der Waals surface area contributed by atoms with Gasteiger partial charge in [0, 0.05) is 30.8 Å². The normalized spacial score (nSPS) is 19.1. The molecule has 0 aliphatic carbocycles. The van der Waals surface area contributed by atoms with Gasteiger partial charge in [0.25, 0.3) is 11.8 Å². The standard InChI is InChI=1S/C22H24N2O3/c1-2-18-6-5-15-24(18)21(25)17-9-7-16(8-10-17)19-11-12-20(27-19)22(26)23-13-3-4-14-23/h5-12,18H,2-4,13-15H2,1H3/t18-/m0/s1. The number of carbonyl (C=O) groups is 2. The molecule has 0 N–H and O–H groups in total. The fourth-order valence-corrected chi connectivity index (χ4v) is 3.79.